The number of hydrogen-bond donors (Lipinski definition) is 2. The second-order valence-corrected chi connectivity index (χ2v) is 4.24. The van der Waals surface area contributed by atoms with E-state index in [0.717, 1.165) is 6.42 Å². The maximum Gasteiger partial charge on any atom is 0.265 e. The quantitative estimate of drug-likeness (QED) is 0.813. The van der Waals surface area contributed by atoms with Crippen LogP contribution >= 0.6 is 12.4 Å². The van der Waals surface area contributed by atoms with Crippen LogP contribution in [-0.2, 0) is 4.79 Å². The zero-order chi connectivity index (χ0) is 13.0. The third-order valence-corrected chi connectivity index (χ3v) is 2.78. The number of rotatable bonds is 4. The van der Waals surface area contributed by atoms with E-state index in [1.165, 1.54) is 0 Å². The van der Waals surface area contributed by atoms with Gasteiger partial charge in [0.1, 0.15) is 6.10 Å². The lowest BCUT2D eigenvalue weighted by Crippen LogP contribution is -2.49. The van der Waals surface area contributed by atoms with Gasteiger partial charge in [0, 0.05) is 6.54 Å². The average Bonchev–Trinajstić information content (AvgIpc) is 2.38. The van der Waals surface area contributed by atoms with Crippen LogP contribution in [0.4, 0.5) is 0 Å². The summed E-state index contributed by atoms with van der Waals surface area (Å²) in [6.07, 6.45) is -0.167. The van der Waals surface area contributed by atoms with Gasteiger partial charge < -0.3 is 20.5 Å². The zero-order valence-electron chi connectivity index (χ0n) is 10.8. The molecule has 106 valence electrons. The Morgan fingerprint density at radius 3 is 2.58 bits per heavy atom. The highest BCUT2D eigenvalue weighted by Crippen LogP contribution is 2.33. The molecule has 5 nitrogen and oxygen atoms in total. The van der Waals surface area contributed by atoms with E-state index in [2.05, 4.69) is 5.32 Å². The first-order valence-electron chi connectivity index (χ1n) is 6.12. The third kappa shape index (κ3) is 3.75. The van der Waals surface area contributed by atoms with Crippen molar-refractivity contribution in [1.82, 2.24) is 5.32 Å². The molecule has 0 aliphatic carbocycles. The molecule has 0 fully saturated rings. The van der Waals surface area contributed by atoms with Gasteiger partial charge in [-0.15, -0.1) is 12.4 Å². The van der Waals surface area contributed by atoms with Crippen LogP contribution in [0.1, 0.15) is 13.3 Å². The van der Waals surface area contributed by atoms with Gasteiger partial charge in [-0.05, 0) is 32.0 Å². The van der Waals surface area contributed by atoms with E-state index in [4.69, 9.17) is 15.2 Å². The molecule has 0 bridgehead atoms. The van der Waals surface area contributed by atoms with E-state index in [9.17, 15) is 4.79 Å². The van der Waals surface area contributed by atoms with Crippen LogP contribution in [0.5, 0.6) is 11.5 Å². The molecule has 0 spiro atoms. The molecule has 1 aromatic rings. The first-order valence-corrected chi connectivity index (χ1v) is 6.12. The normalized spacial score (nSPS) is 20.3. The first kappa shape index (κ1) is 15.6. The average molecular weight is 287 g/mol. The molecule has 0 radical (unpaired) electrons. The van der Waals surface area contributed by atoms with Gasteiger partial charge in [0.15, 0.2) is 11.5 Å². The Hall–Kier alpha value is -1.46. The van der Waals surface area contributed by atoms with Crippen molar-refractivity contribution in [3.8, 4) is 11.5 Å². The molecular formula is C13H19ClN2O3. The molecule has 1 amide bonds. The Bertz CT molecular complexity index is 428. The van der Waals surface area contributed by atoms with Crippen molar-refractivity contribution in [1.29, 1.82) is 0 Å². The number of para-hydroxylation sites is 2. The van der Waals surface area contributed by atoms with Gasteiger partial charge in [-0.1, -0.05) is 12.1 Å². The molecule has 6 heteroatoms. The molecular weight excluding hydrogens is 268 g/mol. The molecule has 2 unspecified atom stereocenters. The highest BCUT2D eigenvalue weighted by Gasteiger charge is 2.33. The largest absolute Gasteiger partial charge is 0.482 e. The Morgan fingerprint density at radius 2 is 1.95 bits per heavy atom. The van der Waals surface area contributed by atoms with E-state index in [1.807, 2.05) is 25.1 Å². The Labute approximate surface area is 118 Å². The van der Waals surface area contributed by atoms with Crippen LogP contribution in [-0.4, -0.2) is 31.2 Å². The lowest BCUT2D eigenvalue weighted by Gasteiger charge is -2.31. The topological polar surface area (TPSA) is 73.6 Å². The lowest BCUT2D eigenvalue weighted by molar-refractivity contribution is -0.133. The fourth-order valence-electron chi connectivity index (χ4n) is 1.82. The van der Waals surface area contributed by atoms with Crippen molar-refractivity contribution in [3.05, 3.63) is 24.3 Å². The number of carbonyl (C=O) groups excluding carboxylic acids is 1. The standard InChI is InChI=1S/C13H18N2O3.ClH/c1-9-12(13(16)15-8-4-7-14)18-11-6-3-2-5-10(11)17-9;/h2-3,5-6,9,12H,4,7-8,14H2,1H3,(H,15,16);1H. The smallest absolute Gasteiger partial charge is 0.265 e. The molecule has 1 heterocycles. The Morgan fingerprint density at radius 1 is 1.32 bits per heavy atom. The predicted octanol–water partition coefficient (Wildman–Crippen LogP) is 1.10. The summed E-state index contributed by atoms with van der Waals surface area (Å²) in [5.74, 6) is 1.12. The fraction of sp³-hybridized carbons (Fsp3) is 0.462. The highest BCUT2D eigenvalue weighted by atomic mass is 35.5. The number of halogens is 1. The van der Waals surface area contributed by atoms with Crippen molar-refractivity contribution >= 4 is 18.3 Å². The van der Waals surface area contributed by atoms with Gasteiger partial charge in [0.2, 0.25) is 6.10 Å². The summed E-state index contributed by atoms with van der Waals surface area (Å²) >= 11 is 0. The van der Waals surface area contributed by atoms with Gasteiger partial charge in [0.25, 0.3) is 5.91 Å². The minimum absolute atomic E-state index is 0. The van der Waals surface area contributed by atoms with Crippen molar-refractivity contribution in [2.45, 2.75) is 25.6 Å². The molecule has 0 saturated heterocycles. The first-order chi connectivity index (χ1) is 8.72. The van der Waals surface area contributed by atoms with Gasteiger partial charge in [0.05, 0.1) is 0 Å². The summed E-state index contributed by atoms with van der Waals surface area (Å²) in [6, 6.07) is 7.34. The maximum absolute atomic E-state index is 11.9. The summed E-state index contributed by atoms with van der Waals surface area (Å²) in [7, 11) is 0. The summed E-state index contributed by atoms with van der Waals surface area (Å²) in [5, 5.41) is 2.79. The van der Waals surface area contributed by atoms with Gasteiger partial charge in [-0.2, -0.15) is 0 Å². The second kappa shape index (κ2) is 7.21. The maximum atomic E-state index is 11.9. The number of benzene rings is 1. The van der Waals surface area contributed by atoms with E-state index in [-0.39, 0.29) is 24.4 Å². The van der Waals surface area contributed by atoms with Crippen LogP contribution in [0, 0.1) is 0 Å². The van der Waals surface area contributed by atoms with E-state index >= 15 is 0 Å². The van der Waals surface area contributed by atoms with Crippen molar-refractivity contribution in [2.24, 2.45) is 5.73 Å². The van der Waals surface area contributed by atoms with Crippen LogP contribution < -0.4 is 20.5 Å². The number of nitrogens with two attached hydrogens (primary N) is 1. The molecule has 1 aliphatic rings. The zero-order valence-corrected chi connectivity index (χ0v) is 11.6. The van der Waals surface area contributed by atoms with Crippen molar-refractivity contribution in [2.75, 3.05) is 13.1 Å². The molecule has 0 aromatic heterocycles. The van der Waals surface area contributed by atoms with Crippen molar-refractivity contribution in [3.63, 3.8) is 0 Å². The monoisotopic (exact) mass is 286 g/mol. The van der Waals surface area contributed by atoms with Crippen LogP contribution in [0.25, 0.3) is 0 Å². The summed E-state index contributed by atoms with van der Waals surface area (Å²) in [6.45, 7) is 2.94. The number of carbonyl (C=O) groups is 1. The summed E-state index contributed by atoms with van der Waals surface area (Å²) in [5.41, 5.74) is 5.38. The number of hydrogen-bond acceptors (Lipinski definition) is 4. The van der Waals surface area contributed by atoms with E-state index in [1.54, 1.807) is 6.07 Å². The number of fused-ring (bicyclic) bond motifs is 1. The van der Waals surface area contributed by atoms with Crippen LogP contribution in [0.2, 0.25) is 0 Å². The Balaban J connectivity index is 0.00000180. The summed E-state index contributed by atoms with van der Waals surface area (Å²) in [4.78, 5) is 11.9. The minimum atomic E-state index is -0.613. The van der Waals surface area contributed by atoms with E-state index < -0.39 is 6.10 Å². The molecule has 3 N–H and O–H groups in total. The highest BCUT2D eigenvalue weighted by molar-refractivity contribution is 5.85. The van der Waals surface area contributed by atoms with Gasteiger partial charge in [-0.25, -0.2) is 0 Å². The molecule has 19 heavy (non-hydrogen) atoms. The van der Waals surface area contributed by atoms with Crippen LogP contribution in [0.15, 0.2) is 24.3 Å². The molecule has 1 aromatic carbocycles. The Kier molecular flexibility index (Phi) is 5.92. The van der Waals surface area contributed by atoms with Crippen LogP contribution in [0.3, 0.4) is 0 Å². The fourth-order valence-corrected chi connectivity index (χ4v) is 1.82. The molecule has 2 rings (SSSR count). The second-order valence-electron chi connectivity index (χ2n) is 4.24. The molecule has 0 saturated carbocycles. The molecule has 1 aliphatic heterocycles. The van der Waals surface area contributed by atoms with E-state index in [0.29, 0.717) is 24.6 Å². The predicted molar refractivity (Wildman–Crippen MR) is 74.9 cm³/mol. The number of ether oxygens (including phenoxy) is 2. The minimum Gasteiger partial charge on any atom is -0.482 e. The lowest BCUT2D eigenvalue weighted by atomic mass is 10.1. The summed E-state index contributed by atoms with van der Waals surface area (Å²) < 4.78 is 11.3. The van der Waals surface area contributed by atoms with Crippen molar-refractivity contribution < 1.29 is 14.3 Å². The number of nitrogens with one attached hydrogen (secondary N) is 1. The van der Waals surface area contributed by atoms with Gasteiger partial charge in [-0.3, -0.25) is 4.79 Å². The molecule has 2 atom stereocenters. The number of amides is 1. The van der Waals surface area contributed by atoms with Gasteiger partial charge >= 0.3 is 0 Å². The third-order valence-electron chi connectivity index (χ3n) is 2.78. The SMILES string of the molecule is CC1Oc2ccccc2OC1C(=O)NCCCN.Cl.